The first-order valence-electron chi connectivity index (χ1n) is 8.39. The smallest absolute Gasteiger partial charge is 0.337 e. The molecule has 7 nitrogen and oxygen atoms in total. The van der Waals surface area contributed by atoms with Crippen LogP contribution in [0.25, 0.3) is 0 Å². The number of anilines is 1. The van der Waals surface area contributed by atoms with Crippen molar-refractivity contribution in [3.63, 3.8) is 0 Å². The van der Waals surface area contributed by atoms with Gasteiger partial charge in [0.15, 0.2) is 6.10 Å². The van der Waals surface area contributed by atoms with Crippen LogP contribution in [-0.2, 0) is 16.1 Å². The molecule has 1 aliphatic heterocycles. The average Bonchev–Trinajstić information content (AvgIpc) is 2.70. The Morgan fingerprint density at radius 2 is 1.74 bits per heavy atom. The first kappa shape index (κ1) is 18.6. The number of methoxy groups -OCH3 is 3. The third-order valence-electron chi connectivity index (χ3n) is 4.34. The van der Waals surface area contributed by atoms with E-state index in [-0.39, 0.29) is 12.5 Å². The molecule has 3 rings (SSSR count). The Labute approximate surface area is 157 Å². The van der Waals surface area contributed by atoms with Gasteiger partial charge in [-0.05, 0) is 42.8 Å². The molecule has 0 aromatic heterocycles. The molecule has 2 aromatic rings. The number of benzene rings is 2. The highest BCUT2D eigenvalue weighted by Gasteiger charge is 2.32. The minimum absolute atomic E-state index is 0.202. The van der Waals surface area contributed by atoms with E-state index in [1.54, 1.807) is 50.3 Å². The molecule has 27 heavy (non-hydrogen) atoms. The lowest BCUT2D eigenvalue weighted by molar-refractivity contribution is -0.125. The highest BCUT2D eigenvalue weighted by molar-refractivity contribution is 6.01. The maximum absolute atomic E-state index is 12.8. The number of fused-ring (bicyclic) bond motifs is 1. The van der Waals surface area contributed by atoms with E-state index in [4.69, 9.17) is 18.9 Å². The Morgan fingerprint density at radius 3 is 2.33 bits per heavy atom. The van der Waals surface area contributed by atoms with Gasteiger partial charge in [-0.3, -0.25) is 4.79 Å². The van der Waals surface area contributed by atoms with Gasteiger partial charge in [0.1, 0.15) is 17.2 Å². The standard InChI is InChI=1S/C20H21NO6/c1-12-19(22)21(11-13-7-15(24-2)10-16(8-13)25-3)17-9-14(20(23)26-4)5-6-18(17)27-12/h5-10,12H,11H2,1-4H3. The van der Waals surface area contributed by atoms with Crippen molar-refractivity contribution >= 4 is 17.6 Å². The van der Waals surface area contributed by atoms with E-state index < -0.39 is 12.1 Å². The molecule has 1 aliphatic rings. The zero-order chi connectivity index (χ0) is 19.6. The van der Waals surface area contributed by atoms with E-state index in [2.05, 4.69) is 0 Å². The predicted octanol–water partition coefficient (Wildman–Crippen LogP) is 2.80. The second-order valence-electron chi connectivity index (χ2n) is 6.08. The summed E-state index contributed by atoms with van der Waals surface area (Å²) >= 11 is 0. The third-order valence-corrected chi connectivity index (χ3v) is 4.34. The Morgan fingerprint density at radius 1 is 1.07 bits per heavy atom. The molecule has 0 radical (unpaired) electrons. The van der Waals surface area contributed by atoms with Crippen LogP contribution in [0.5, 0.6) is 17.2 Å². The van der Waals surface area contributed by atoms with Gasteiger partial charge in [-0.2, -0.15) is 0 Å². The number of rotatable bonds is 5. The lowest BCUT2D eigenvalue weighted by Gasteiger charge is -2.33. The summed E-state index contributed by atoms with van der Waals surface area (Å²) in [5, 5.41) is 0. The number of carbonyl (C=O) groups excluding carboxylic acids is 2. The van der Waals surface area contributed by atoms with Crippen LogP contribution in [0.3, 0.4) is 0 Å². The molecule has 0 fully saturated rings. The zero-order valence-corrected chi connectivity index (χ0v) is 15.6. The minimum Gasteiger partial charge on any atom is -0.497 e. The second kappa shape index (κ2) is 7.57. The summed E-state index contributed by atoms with van der Waals surface area (Å²) in [6.07, 6.45) is -0.631. The van der Waals surface area contributed by atoms with Crippen LogP contribution >= 0.6 is 0 Å². The number of carbonyl (C=O) groups is 2. The highest BCUT2D eigenvalue weighted by Crippen LogP contribution is 2.36. The largest absolute Gasteiger partial charge is 0.497 e. The van der Waals surface area contributed by atoms with E-state index in [9.17, 15) is 9.59 Å². The Hall–Kier alpha value is -3.22. The first-order chi connectivity index (χ1) is 13.0. The summed E-state index contributed by atoms with van der Waals surface area (Å²) in [5.41, 5.74) is 1.68. The van der Waals surface area contributed by atoms with Crippen molar-refractivity contribution in [2.45, 2.75) is 19.6 Å². The van der Waals surface area contributed by atoms with E-state index in [0.717, 1.165) is 5.56 Å². The molecule has 0 spiro atoms. The molecule has 142 valence electrons. The molecule has 7 heteroatoms. The van der Waals surface area contributed by atoms with E-state index >= 15 is 0 Å². The van der Waals surface area contributed by atoms with Crippen LogP contribution in [0.2, 0.25) is 0 Å². The number of ether oxygens (including phenoxy) is 4. The number of amides is 1. The Bertz CT molecular complexity index is 857. The second-order valence-corrected chi connectivity index (χ2v) is 6.08. The van der Waals surface area contributed by atoms with Crippen molar-refractivity contribution in [2.24, 2.45) is 0 Å². The fraction of sp³-hybridized carbons (Fsp3) is 0.300. The summed E-state index contributed by atoms with van der Waals surface area (Å²) in [4.78, 5) is 26.2. The topological polar surface area (TPSA) is 74.3 Å². The number of hydrogen-bond acceptors (Lipinski definition) is 6. The van der Waals surface area contributed by atoms with Crippen molar-refractivity contribution < 1.29 is 28.5 Å². The van der Waals surface area contributed by atoms with Crippen LogP contribution in [0.4, 0.5) is 5.69 Å². The van der Waals surface area contributed by atoms with Crippen molar-refractivity contribution in [3.8, 4) is 17.2 Å². The van der Waals surface area contributed by atoms with Crippen molar-refractivity contribution in [3.05, 3.63) is 47.5 Å². The minimum atomic E-state index is -0.631. The molecular formula is C20H21NO6. The Kier molecular flexibility index (Phi) is 5.21. The van der Waals surface area contributed by atoms with Gasteiger partial charge < -0.3 is 23.8 Å². The maximum Gasteiger partial charge on any atom is 0.337 e. The normalized spacial score (nSPS) is 15.6. The van der Waals surface area contributed by atoms with Gasteiger partial charge in [0, 0.05) is 6.07 Å². The highest BCUT2D eigenvalue weighted by atomic mass is 16.5. The molecule has 2 aromatic carbocycles. The molecule has 0 saturated carbocycles. The van der Waals surface area contributed by atoms with Crippen molar-refractivity contribution in [1.82, 2.24) is 0 Å². The Balaban J connectivity index is 2.02. The first-order valence-corrected chi connectivity index (χ1v) is 8.39. The van der Waals surface area contributed by atoms with Gasteiger partial charge in [0.2, 0.25) is 0 Å². The molecule has 1 heterocycles. The number of nitrogens with zero attached hydrogens (tertiary/aromatic N) is 1. The summed E-state index contributed by atoms with van der Waals surface area (Å²) < 4.78 is 21.1. The quantitative estimate of drug-likeness (QED) is 0.753. The van der Waals surface area contributed by atoms with Crippen molar-refractivity contribution in [2.75, 3.05) is 26.2 Å². The average molecular weight is 371 g/mol. The summed E-state index contributed by atoms with van der Waals surface area (Å²) in [6, 6.07) is 10.3. The SMILES string of the molecule is COC(=O)c1ccc2c(c1)N(Cc1cc(OC)cc(OC)c1)C(=O)C(C)O2. The van der Waals surface area contributed by atoms with Crippen LogP contribution < -0.4 is 19.1 Å². The van der Waals surface area contributed by atoms with Gasteiger partial charge in [-0.1, -0.05) is 0 Å². The van der Waals surface area contributed by atoms with Gasteiger partial charge >= 0.3 is 5.97 Å². The van der Waals surface area contributed by atoms with Gasteiger partial charge in [0.25, 0.3) is 5.91 Å². The maximum atomic E-state index is 12.8. The lowest BCUT2D eigenvalue weighted by atomic mass is 10.1. The number of hydrogen-bond donors (Lipinski definition) is 0. The van der Waals surface area contributed by atoms with Crippen LogP contribution in [0, 0.1) is 0 Å². The molecule has 1 unspecified atom stereocenters. The summed E-state index contributed by atoms with van der Waals surface area (Å²) in [5.74, 6) is 1.10. The van der Waals surface area contributed by atoms with Gasteiger partial charge in [0.05, 0.1) is 39.1 Å². The van der Waals surface area contributed by atoms with Crippen LogP contribution in [0.1, 0.15) is 22.8 Å². The molecule has 1 atom stereocenters. The number of esters is 1. The molecule has 0 saturated heterocycles. The molecular weight excluding hydrogens is 350 g/mol. The third kappa shape index (κ3) is 3.67. The van der Waals surface area contributed by atoms with E-state index in [1.165, 1.54) is 7.11 Å². The fourth-order valence-electron chi connectivity index (χ4n) is 2.96. The fourth-order valence-corrected chi connectivity index (χ4v) is 2.96. The monoisotopic (exact) mass is 371 g/mol. The van der Waals surface area contributed by atoms with Crippen LogP contribution in [0.15, 0.2) is 36.4 Å². The summed E-state index contributed by atoms with van der Waals surface area (Å²) in [6.45, 7) is 1.97. The van der Waals surface area contributed by atoms with Gasteiger partial charge in [-0.15, -0.1) is 0 Å². The molecule has 0 N–H and O–H groups in total. The van der Waals surface area contributed by atoms with E-state index in [0.29, 0.717) is 28.5 Å². The molecule has 1 amide bonds. The molecule has 0 bridgehead atoms. The summed E-state index contributed by atoms with van der Waals surface area (Å²) in [7, 11) is 4.45. The van der Waals surface area contributed by atoms with Crippen molar-refractivity contribution in [1.29, 1.82) is 0 Å². The van der Waals surface area contributed by atoms with E-state index in [1.807, 2.05) is 12.1 Å². The zero-order valence-electron chi connectivity index (χ0n) is 15.6. The van der Waals surface area contributed by atoms with Gasteiger partial charge in [-0.25, -0.2) is 4.79 Å². The molecule has 0 aliphatic carbocycles. The lowest BCUT2D eigenvalue weighted by Crippen LogP contribution is -2.44. The predicted molar refractivity (Wildman–Crippen MR) is 98.6 cm³/mol. The van der Waals surface area contributed by atoms with Crippen LogP contribution in [-0.4, -0.2) is 39.3 Å².